The molecule has 0 aliphatic carbocycles. The van der Waals surface area contributed by atoms with Crippen LogP contribution >= 0.6 is 11.8 Å². The van der Waals surface area contributed by atoms with E-state index in [-0.39, 0.29) is 6.54 Å². The Morgan fingerprint density at radius 1 is 1.69 bits per heavy atom. The molecule has 6 nitrogen and oxygen atoms in total. The molecule has 0 saturated carbocycles. The molecule has 70 valence electrons. The van der Waals surface area contributed by atoms with Gasteiger partial charge in [-0.15, -0.1) is 10.2 Å². The normalized spacial score (nSPS) is 9.62. The van der Waals surface area contributed by atoms with Crippen molar-refractivity contribution in [2.24, 2.45) is 0 Å². The number of carbonyl (C=O) groups is 1. The third-order valence-corrected chi connectivity index (χ3v) is 1.74. The third-order valence-electron chi connectivity index (χ3n) is 1.19. The SMILES string of the molecule is CSc1ncc(CNC(=O)O)nn1. The van der Waals surface area contributed by atoms with Crippen LogP contribution in [0, 0.1) is 0 Å². The minimum Gasteiger partial charge on any atom is -0.465 e. The number of hydrogen-bond acceptors (Lipinski definition) is 5. The Labute approximate surface area is 78.8 Å². The molecule has 0 unspecified atom stereocenters. The highest BCUT2D eigenvalue weighted by Crippen LogP contribution is 2.04. The molecule has 1 rings (SSSR count). The van der Waals surface area contributed by atoms with Crippen LogP contribution in [0.4, 0.5) is 4.79 Å². The van der Waals surface area contributed by atoms with Crippen LogP contribution in [0.5, 0.6) is 0 Å². The Morgan fingerprint density at radius 3 is 2.92 bits per heavy atom. The van der Waals surface area contributed by atoms with Crippen LogP contribution in [-0.2, 0) is 6.54 Å². The van der Waals surface area contributed by atoms with Crippen molar-refractivity contribution in [2.75, 3.05) is 6.26 Å². The van der Waals surface area contributed by atoms with Crippen LogP contribution in [-0.4, -0.2) is 32.6 Å². The van der Waals surface area contributed by atoms with Gasteiger partial charge in [-0.2, -0.15) is 0 Å². The fourth-order valence-corrected chi connectivity index (χ4v) is 0.910. The largest absolute Gasteiger partial charge is 0.465 e. The Balaban J connectivity index is 2.54. The molecule has 0 aliphatic rings. The van der Waals surface area contributed by atoms with Gasteiger partial charge in [0.15, 0.2) is 0 Å². The standard InChI is InChI=1S/C6H8N4O2S/c1-13-5-7-2-4(9-10-5)3-8-6(11)12/h2,8H,3H2,1H3,(H,11,12). The Kier molecular flexibility index (Phi) is 3.44. The maximum atomic E-state index is 10.1. The van der Waals surface area contributed by atoms with Gasteiger partial charge < -0.3 is 10.4 Å². The lowest BCUT2D eigenvalue weighted by atomic mass is 10.5. The molecule has 0 spiro atoms. The summed E-state index contributed by atoms with van der Waals surface area (Å²) < 4.78 is 0. The number of aromatic nitrogens is 3. The molecule has 0 atom stereocenters. The van der Waals surface area contributed by atoms with Crippen LogP contribution < -0.4 is 5.32 Å². The van der Waals surface area contributed by atoms with Crippen molar-refractivity contribution in [2.45, 2.75) is 11.7 Å². The van der Waals surface area contributed by atoms with Gasteiger partial charge in [-0.05, 0) is 6.26 Å². The zero-order chi connectivity index (χ0) is 9.68. The monoisotopic (exact) mass is 200 g/mol. The summed E-state index contributed by atoms with van der Waals surface area (Å²) in [7, 11) is 0. The highest BCUT2D eigenvalue weighted by atomic mass is 32.2. The number of amides is 1. The van der Waals surface area contributed by atoms with Crippen molar-refractivity contribution < 1.29 is 9.90 Å². The topological polar surface area (TPSA) is 88.0 Å². The molecule has 0 aliphatic heterocycles. The van der Waals surface area contributed by atoms with Gasteiger partial charge in [0.1, 0.15) is 5.69 Å². The van der Waals surface area contributed by atoms with Gasteiger partial charge in [0.25, 0.3) is 0 Å². The van der Waals surface area contributed by atoms with E-state index >= 15 is 0 Å². The number of thioether (sulfide) groups is 1. The second-order valence-corrected chi connectivity index (χ2v) is 2.87. The molecule has 7 heteroatoms. The number of rotatable bonds is 3. The predicted molar refractivity (Wildman–Crippen MR) is 46.5 cm³/mol. The molecule has 0 saturated heterocycles. The number of nitrogens with zero attached hydrogens (tertiary/aromatic N) is 3. The first-order valence-electron chi connectivity index (χ1n) is 3.41. The van der Waals surface area contributed by atoms with E-state index in [0.29, 0.717) is 10.9 Å². The molecular weight excluding hydrogens is 192 g/mol. The molecular formula is C6H8N4O2S. The van der Waals surface area contributed by atoms with Crippen LogP contribution in [0.3, 0.4) is 0 Å². The van der Waals surface area contributed by atoms with E-state index in [0.717, 1.165) is 0 Å². The highest BCUT2D eigenvalue weighted by Gasteiger charge is 1.99. The van der Waals surface area contributed by atoms with Gasteiger partial charge in [-0.3, -0.25) is 0 Å². The molecule has 2 N–H and O–H groups in total. The van der Waals surface area contributed by atoms with Gasteiger partial charge in [0.05, 0.1) is 12.7 Å². The summed E-state index contributed by atoms with van der Waals surface area (Å²) in [6.45, 7) is 0.129. The van der Waals surface area contributed by atoms with Crippen molar-refractivity contribution in [1.82, 2.24) is 20.5 Å². The number of hydrogen-bond donors (Lipinski definition) is 2. The predicted octanol–water partition coefficient (Wildman–Crippen LogP) is 0.361. The van der Waals surface area contributed by atoms with Gasteiger partial charge in [0.2, 0.25) is 5.16 Å². The minimum atomic E-state index is -1.09. The van der Waals surface area contributed by atoms with Gasteiger partial charge >= 0.3 is 6.09 Å². The van der Waals surface area contributed by atoms with E-state index in [4.69, 9.17) is 5.11 Å². The minimum absolute atomic E-state index is 0.129. The molecule has 0 aromatic carbocycles. The van der Waals surface area contributed by atoms with Crippen molar-refractivity contribution in [3.05, 3.63) is 11.9 Å². The molecule has 1 aromatic rings. The summed E-state index contributed by atoms with van der Waals surface area (Å²) in [4.78, 5) is 14.0. The first-order chi connectivity index (χ1) is 6.22. The van der Waals surface area contributed by atoms with Crippen molar-refractivity contribution in [3.63, 3.8) is 0 Å². The van der Waals surface area contributed by atoms with E-state index in [9.17, 15) is 4.79 Å². The van der Waals surface area contributed by atoms with Crippen LogP contribution in [0.15, 0.2) is 11.4 Å². The summed E-state index contributed by atoms with van der Waals surface area (Å²) in [5.74, 6) is 0. The molecule has 0 radical (unpaired) electrons. The first-order valence-corrected chi connectivity index (χ1v) is 4.64. The third kappa shape index (κ3) is 3.24. The molecule has 1 aromatic heterocycles. The average Bonchev–Trinajstić information content (AvgIpc) is 2.15. The summed E-state index contributed by atoms with van der Waals surface area (Å²) in [6, 6.07) is 0. The zero-order valence-electron chi connectivity index (χ0n) is 6.89. The summed E-state index contributed by atoms with van der Waals surface area (Å²) >= 11 is 1.38. The summed E-state index contributed by atoms with van der Waals surface area (Å²) in [5, 5.41) is 18.5. The first kappa shape index (κ1) is 9.72. The van der Waals surface area contributed by atoms with Gasteiger partial charge in [-0.1, -0.05) is 11.8 Å². The highest BCUT2D eigenvalue weighted by molar-refractivity contribution is 7.98. The molecule has 13 heavy (non-hydrogen) atoms. The van der Waals surface area contributed by atoms with E-state index in [2.05, 4.69) is 20.5 Å². The smallest absolute Gasteiger partial charge is 0.404 e. The number of nitrogens with one attached hydrogen (secondary N) is 1. The lowest BCUT2D eigenvalue weighted by molar-refractivity contribution is 0.193. The van der Waals surface area contributed by atoms with Gasteiger partial charge in [-0.25, -0.2) is 9.78 Å². The van der Waals surface area contributed by atoms with Crippen molar-refractivity contribution >= 4 is 17.9 Å². The maximum absolute atomic E-state index is 10.1. The molecule has 1 heterocycles. The van der Waals surface area contributed by atoms with E-state index < -0.39 is 6.09 Å². The number of carboxylic acid groups (broad SMARTS) is 1. The molecule has 0 fully saturated rings. The van der Waals surface area contributed by atoms with E-state index in [1.807, 2.05) is 6.26 Å². The molecule has 1 amide bonds. The van der Waals surface area contributed by atoms with Crippen molar-refractivity contribution in [1.29, 1.82) is 0 Å². The van der Waals surface area contributed by atoms with Gasteiger partial charge in [0, 0.05) is 0 Å². The Morgan fingerprint density at radius 2 is 2.46 bits per heavy atom. The second kappa shape index (κ2) is 4.61. The zero-order valence-corrected chi connectivity index (χ0v) is 7.71. The van der Waals surface area contributed by atoms with E-state index in [1.54, 1.807) is 0 Å². The lowest BCUT2D eigenvalue weighted by Gasteiger charge is -1.98. The van der Waals surface area contributed by atoms with E-state index in [1.165, 1.54) is 18.0 Å². The quantitative estimate of drug-likeness (QED) is 0.685. The molecule has 0 bridgehead atoms. The van der Waals surface area contributed by atoms with Crippen molar-refractivity contribution in [3.8, 4) is 0 Å². The second-order valence-electron chi connectivity index (χ2n) is 2.09. The lowest BCUT2D eigenvalue weighted by Crippen LogP contribution is -2.21. The van der Waals surface area contributed by atoms with Crippen LogP contribution in [0.25, 0.3) is 0 Å². The van der Waals surface area contributed by atoms with Crippen LogP contribution in [0.1, 0.15) is 5.69 Å². The maximum Gasteiger partial charge on any atom is 0.404 e. The average molecular weight is 200 g/mol. The Bertz CT molecular complexity index is 289. The Hall–Kier alpha value is -1.37. The van der Waals surface area contributed by atoms with Crippen LogP contribution in [0.2, 0.25) is 0 Å². The fraction of sp³-hybridized carbons (Fsp3) is 0.333. The summed E-state index contributed by atoms with van der Waals surface area (Å²) in [6.07, 6.45) is 2.25. The fourth-order valence-electron chi connectivity index (χ4n) is 0.629. The summed E-state index contributed by atoms with van der Waals surface area (Å²) in [5.41, 5.74) is 0.500.